The van der Waals surface area contributed by atoms with Crippen LogP contribution in [-0.2, 0) is 37.4 Å². The summed E-state index contributed by atoms with van der Waals surface area (Å²) < 4.78 is 12.1. The fourth-order valence-corrected chi connectivity index (χ4v) is 7.10. The summed E-state index contributed by atoms with van der Waals surface area (Å²) in [5.41, 5.74) is 3.33. The first-order valence-corrected chi connectivity index (χ1v) is 14.3. The first-order chi connectivity index (χ1) is 18.8. The molecule has 1 aromatic heterocycles. The third-order valence-electron chi connectivity index (χ3n) is 8.10. The molecule has 0 spiro atoms. The molecule has 3 aliphatic carbocycles. The topological polar surface area (TPSA) is 191 Å². The third-order valence-corrected chi connectivity index (χ3v) is 8.82. The first-order valence-electron chi connectivity index (χ1n) is 12.5. The molecule has 11 nitrogen and oxygen atoms in total. The van der Waals surface area contributed by atoms with Crippen LogP contribution in [0.1, 0.15) is 30.5 Å². The second-order valence-corrected chi connectivity index (χ2v) is 12.1. The second kappa shape index (κ2) is 10.5. The lowest BCUT2D eigenvalue weighted by Gasteiger charge is -2.50. The first kappa shape index (κ1) is 30.1. The molecule has 6 N–H and O–H groups in total. The Morgan fingerprint density at radius 3 is 2.46 bits per heavy atom. The van der Waals surface area contributed by atoms with Crippen LogP contribution in [0.15, 0.2) is 47.4 Å². The molecule has 1 fully saturated rings. The SMILES string of the molecule is C.CN(C)[C@@H]1C(=O)C(C(N)=O)=C(O)[C@@]2(O)C(=O)C3=C(O)c4c(O)c(CS(C)=O)cc(-c5ccccn5)c4C[C@H]3C[C@@H]12. The van der Waals surface area contributed by atoms with Crippen LogP contribution >= 0.6 is 0 Å². The molecular formula is C29H33N3O8S. The van der Waals surface area contributed by atoms with E-state index < -0.39 is 68.8 Å². The van der Waals surface area contributed by atoms with Gasteiger partial charge in [0.2, 0.25) is 5.78 Å². The molecule has 1 aromatic carbocycles. The molecule has 1 unspecified atom stereocenters. The molecule has 3 aliphatic rings. The van der Waals surface area contributed by atoms with Crippen LogP contribution in [-0.4, -0.2) is 84.0 Å². The van der Waals surface area contributed by atoms with E-state index in [-0.39, 0.29) is 48.5 Å². The van der Waals surface area contributed by atoms with Gasteiger partial charge in [-0.25, -0.2) is 0 Å². The molecule has 5 rings (SSSR count). The molecule has 1 amide bonds. The number of phenols is 1. The Hall–Kier alpha value is -3.87. The van der Waals surface area contributed by atoms with Gasteiger partial charge in [-0.3, -0.25) is 28.5 Å². The fourth-order valence-electron chi connectivity index (χ4n) is 6.45. The number of aromatic nitrogens is 1. The van der Waals surface area contributed by atoms with Crippen molar-refractivity contribution in [3.05, 3.63) is 64.1 Å². The van der Waals surface area contributed by atoms with E-state index in [9.17, 15) is 39.0 Å². The van der Waals surface area contributed by atoms with Crippen LogP contribution in [0, 0.1) is 11.8 Å². The molecule has 0 saturated heterocycles. The highest BCUT2D eigenvalue weighted by atomic mass is 32.2. The van der Waals surface area contributed by atoms with Gasteiger partial charge in [0.15, 0.2) is 11.4 Å². The van der Waals surface area contributed by atoms with Crippen LogP contribution in [0.5, 0.6) is 5.75 Å². The number of benzene rings is 1. The zero-order valence-electron chi connectivity index (χ0n) is 22.0. The lowest BCUT2D eigenvalue weighted by atomic mass is 9.57. The number of carbonyl (C=O) groups excluding carboxylic acids is 3. The van der Waals surface area contributed by atoms with Gasteiger partial charge in [0.1, 0.15) is 22.8 Å². The van der Waals surface area contributed by atoms with Gasteiger partial charge >= 0.3 is 0 Å². The van der Waals surface area contributed by atoms with E-state index in [1.807, 2.05) is 0 Å². The number of Topliss-reactive ketones (excluding diaryl/α,β-unsaturated/α-hetero) is 2. The minimum absolute atomic E-state index is 0. The van der Waals surface area contributed by atoms with E-state index >= 15 is 0 Å². The van der Waals surface area contributed by atoms with Gasteiger partial charge in [0.05, 0.1) is 23.1 Å². The van der Waals surface area contributed by atoms with E-state index in [0.717, 1.165) is 0 Å². The third kappa shape index (κ3) is 4.37. The molecular weight excluding hydrogens is 550 g/mol. The Bertz CT molecular complexity index is 1570. The summed E-state index contributed by atoms with van der Waals surface area (Å²) in [4.78, 5) is 45.3. The van der Waals surface area contributed by atoms with E-state index in [4.69, 9.17) is 5.73 Å². The Morgan fingerprint density at radius 2 is 1.90 bits per heavy atom. The number of likely N-dealkylation sites (N-methyl/N-ethyl adjacent to an activating group) is 1. The molecule has 41 heavy (non-hydrogen) atoms. The number of ketones is 2. The smallest absolute Gasteiger partial charge is 0.255 e. The standard InChI is InChI=1S/C28H29N3O8S.CH4/c1-31(2)21-16-10-12-8-15-14(17-6-4-5-7-30-17)9-13(11-40(3)39)22(32)19(15)23(33)18(12)25(35)28(16,38)26(36)20(24(21)34)27(29)37;/h4-7,9,12,16,21,32-33,36,38H,8,10-11H2,1-3H3,(H2,29,37);1H4/t12-,16-,21-,28-,40?;/m0./s1. The monoisotopic (exact) mass is 583 g/mol. The summed E-state index contributed by atoms with van der Waals surface area (Å²) in [5.74, 6) is -7.22. The lowest BCUT2D eigenvalue weighted by Crippen LogP contribution is -2.65. The van der Waals surface area contributed by atoms with Crippen molar-refractivity contribution in [1.82, 2.24) is 9.88 Å². The molecule has 1 heterocycles. The van der Waals surface area contributed by atoms with Crippen molar-refractivity contribution in [3.8, 4) is 17.0 Å². The highest BCUT2D eigenvalue weighted by molar-refractivity contribution is 7.83. The summed E-state index contributed by atoms with van der Waals surface area (Å²) in [6.07, 6.45) is 3.16. The van der Waals surface area contributed by atoms with Crippen molar-refractivity contribution in [1.29, 1.82) is 0 Å². The second-order valence-electron chi connectivity index (χ2n) is 10.7. The minimum Gasteiger partial charge on any atom is -0.508 e. The van der Waals surface area contributed by atoms with E-state index in [2.05, 4.69) is 4.98 Å². The normalized spacial score (nSPS) is 26.2. The maximum absolute atomic E-state index is 14.0. The molecule has 12 heteroatoms. The summed E-state index contributed by atoms with van der Waals surface area (Å²) in [6.45, 7) is 0. The average molecular weight is 584 g/mol. The zero-order chi connectivity index (χ0) is 29.3. The Balaban J connectivity index is 0.00000387. The molecule has 0 aliphatic heterocycles. The quantitative estimate of drug-likeness (QED) is 0.323. The summed E-state index contributed by atoms with van der Waals surface area (Å²) in [7, 11) is 1.73. The van der Waals surface area contributed by atoms with Gasteiger partial charge in [-0.05, 0) is 56.6 Å². The van der Waals surface area contributed by atoms with E-state index in [0.29, 0.717) is 16.8 Å². The van der Waals surface area contributed by atoms with Crippen molar-refractivity contribution in [3.63, 3.8) is 0 Å². The minimum atomic E-state index is -2.72. The van der Waals surface area contributed by atoms with Crippen LogP contribution in [0.2, 0.25) is 0 Å². The molecule has 218 valence electrons. The maximum Gasteiger partial charge on any atom is 0.255 e. The largest absolute Gasteiger partial charge is 0.508 e. The number of hydrogen-bond acceptors (Lipinski definition) is 10. The molecule has 2 aromatic rings. The number of fused-ring (bicyclic) bond motifs is 3. The van der Waals surface area contributed by atoms with Crippen molar-refractivity contribution in [2.75, 3.05) is 20.4 Å². The van der Waals surface area contributed by atoms with Crippen LogP contribution in [0.3, 0.4) is 0 Å². The van der Waals surface area contributed by atoms with Crippen LogP contribution in [0.4, 0.5) is 0 Å². The predicted octanol–water partition coefficient (Wildman–Crippen LogP) is 1.54. The number of pyridine rings is 1. The molecule has 0 bridgehead atoms. The lowest BCUT2D eigenvalue weighted by molar-refractivity contribution is -0.153. The summed E-state index contributed by atoms with van der Waals surface area (Å²) >= 11 is 0. The zero-order valence-corrected chi connectivity index (χ0v) is 22.9. The number of aromatic hydroxyl groups is 1. The van der Waals surface area contributed by atoms with Gasteiger partial charge in [0, 0.05) is 45.9 Å². The summed E-state index contributed by atoms with van der Waals surface area (Å²) in [6, 6.07) is 5.75. The predicted molar refractivity (Wildman–Crippen MR) is 152 cm³/mol. The number of aliphatic hydroxyl groups is 3. The van der Waals surface area contributed by atoms with Crippen LogP contribution in [0.25, 0.3) is 17.0 Å². The van der Waals surface area contributed by atoms with E-state index in [1.54, 1.807) is 44.6 Å². The van der Waals surface area contributed by atoms with Gasteiger partial charge in [-0.15, -0.1) is 0 Å². The number of nitrogens with two attached hydrogens (primary N) is 1. The van der Waals surface area contributed by atoms with Crippen molar-refractivity contribution >= 4 is 34.0 Å². The van der Waals surface area contributed by atoms with Gasteiger partial charge < -0.3 is 26.2 Å². The van der Waals surface area contributed by atoms with Crippen molar-refractivity contribution in [2.45, 2.75) is 37.7 Å². The number of phenolic OH excluding ortho intramolecular Hbond substituents is 1. The number of aliphatic hydroxyl groups excluding tert-OH is 2. The maximum atomic E-state index is 14.0. The summed E-state index contributed by atoms with van der Waals surface area (Å²) in [5, 5.41) is 45.5. The van der Waals surface area contributed by atoms with Crippen molar-refractivity contribution < 1.29 is 39.0 Å². The highest BCUT2D eigenvalue weighted by Gasteiger charge is 2.64. The number of amides is 1. The number of hydrogen-bond donors (Lipinski definition) is 5. The molecule has 5 atom stereocenters. The Labute approximate surface area is 239 Å². The van der Waals surface area contributed by atoms with Gasteiger partial charge in [-0.2, -0.15) is 0 Å². The van der Waals surface area contributed by atoms with Gasteiger partial charge in [0.25, 0.3) is 5.91 Å². The van der Waals surface area contributed by atoms with Gasteiger partial charge in [-0.1, -0.05) is 13.5 Å². The molecule has 0 radical (unpaired) electrons. The Morgan fingerprint density at radius 1 is 1.22 bits per heavy atom. The number of nitrogens with zero attached hydrogens (tertiary/aromatic N) is 2. The number of rotatable bonds is 5. The number of primary amides is 1. The van der Waals surface area contributed by atoms with Crippen LogP contribution < -0.4 is 5.73 Å². The average Bonchev–Trinajstić information content (AvgIpc) is 2.87. The molecule has 1 saturated carbocycles. The number of carbonyl (C=O) groups is 3. The Kier molecular flexibility index (Phi) is 7.72. The fraction of sp³-hybridized carbons (Fsp3) is 0.379. The van der Waals surface area contributed by atoms with Crippen molar-refractivity contribution in [2.24, 2.45) is 17.6 Å². The van der Waals surface area contributed by atoms with E-state index in [1.165, 1.54) is 11.2 Å². The highest BCUT2D eigenvalue weighted by Crippen LogP contribution is 2.54.